The molecule has 2 heterocycles. The summed E-state index contributed by atoms with van der Waals surface area (Å²) >= 11 is 1.28. The number of hydrogen-bond donors (Lipinski definition) is 1. The zero-order valence-corrected chi connectivity index (χ0v) is 13.6. The molecule has 1 aliphatic heterocycles. The first-order chi connectivity index (χ1) is 11.2. The molecule has 5 nitrogen and oxygen atoms in total. The van der Waals surface area contributed by atoms with Gasteiger partial charge in [0.1, 0.15) is 5.82 Å². The lowest BCUT2D eigenvalue weighted by molar-refractivity contribution is -0.128. The van der Waals surface area contributed by atoms with Gasteiger partial charge in [0.15, 0.2) is 5.82 Å². The summed E-state index contributed by atoms with van der Waals surface area (Å²) in [4.78, 5) is 18.4. The Morgan fingerprint density at radius 1 is 1.22 bits per heavy atom. The van der Waals surface area contributed by atoms with E-state index in [9.17, 15) is 9.18 Å². The summed E-state index contributed by atoms with van der Waals surface area (Å²) in [5.41, 5.74) is 0.380. The summed E-state index contributed by atoms with van der Waals surface area (Å²) in [6.45, 7) is 1.68. The molecule has 1 fully saturated rings. The van der Waals surface area contributed by atoms with E-state index in [1.807, 2.05) is 4.90 Å². The summed E-state index contributed by atoms with van der Waals surface area (Å²) in [5, 5.41) is 7.25. The number of carbonyl (C=O) groups is 1. The number of benzene rings is 1. The molecule has 0 atom stereocenters. The number of amides is 1. The van der Waals surface area contributed by atoms with Crippen LogP contribution in [0.2, 0.25) is 0 Å². The number of hydrogen-bond acceptors (Lipinski definition) is 4. The Labute approximate surface area is 138 Å². The number of nitrogens with zero attached hydrogens (tertiary/aromatic N) is 3. The van der Waals surface area contributed by atoms with Gasteiger partial charge in [-0.15, -0.1) is 5.10 Å². The standard InChI is InChI=1S/C16H19FN4OS/c17-13-8-4-3-7-12(13)15-18-16(20-19-15)23-11-14(22)21-9-5-1-2-6-10-21/h3-4,7-8H,1-2,5-6,9-11H2,(H,18,19,20). The number of carbonyl (C=O) groups excluding carboxylic acids is 1. The SMILES string of the molecule is O=C(CSc1n[nH]c(-c2ccccc2F)n1)N1CCCCCC1. The zero-order valence-electron chi connectivity index (χ0n) is 12.8. The van der Waals surface area contributed by atoms with Gasteiger partial charge < -0.3 is 4.90 Å². The number of aromatic nitrogens is 3. The van der Waals surface area contributed by atoms with E-state index < -0.39 is 0 Å². The first-order valence-electron chi connectivity index (χ1n) is 7.82. The van der Waals surface area contributed by atoms with Gasteiger partial charge in [0.2, 0.25) is 11.1 Å². The quantitative estimate of drug-likeness (QED) is 0.873. The molecule has 0 spiro atoms. The monoisotopic (exact) mass is 334 g/mol. The Morgan fingerprint density at radius 2 is 1.96 bits per heavy atom. The van der Waals surface area contributed by atoms with Crippen molar-refractivity contribution in [1.82, 2.24) is 20.1 Å². The van der Waals surface area contributed by atoms with Crippen molar-refractivity contribution in [3.63, 3.8) is 0 Å². The molecule has 122 valence electrons. The highest BCUT2D eigenvalue weighted by atomic mass is 32.2. The third kappa shape index (κ3) is 4.10. The largest absolute Gasteiger partial charge is 0.342 e. The van der Waals surface area contributed by atoms with Crippen molar-refractivity contribution in [3.8, 4) is 11.4 Å². The van der Waals surface area contributed by atoms with Crippen LogP contribution in [0.1, 0.15) is 25.7 Å². The van der Waals surface area contributed by atoms with Crippen LogP contribution < -0.4 is 0 Å². The highest BCUT2D eigenvalue weighted by molar-refractivity contribution is 7.99. The summed E-state index contributed by atoms with van der Waals surface area (Å²) in [7, 11) is 0. The Hall–Kier alpha value is -1.89. The lowest BCUT2D eigenvalue weighted by Gasteiger charge is -2.19. The molecule has 0 unspecified atom stereocenters. The molecule has 0 radical (unpaired) electrons. The predicted octanol–water partition coefficient (Wildman–Crippen LogP) is 3.11. The third-order valence-electron chi connectivity index (χ3n) is 3.88. The molecule has 2 aromatic rings. The zero-order chi connectivity index (χ0) is 16.1. The van der Waals surface area contributed by atoms with E-state index in [-0.39, 0.29) is 11.7 Å². The van der Waals surface area contributed by atoms with Crippen LogP contribution in [-0.4, -0.2) is 44.8 Å². The van der Waals surface area contributed by atoms with Crippen molar-refractivity contribution in [2.75, 3.05) is 18.8 Å². The van der Waals surface area contributed by atoms with Crippen LogP contribution in [0.5, 0.6) is 0 Å². The summed E-state index contributed by atoms with van der Waals surface area (Å²) in [6, 6.07) is 6.40. The first-order valence-corrected chi connectivity index (χ1v) is 8.80. The molecule has 23 heavy (non-hydrogen) atoms. The van der Waals surface area contributed by atoms with E-state index in [4.69, 9.17) is 0 Å². The topological polar surface area (TPSA) is 61.9 Å². The maximum atomic E-state index is 13.7. The van der Waals surface area contributed by atoms with E-state index in [0.29, 0.717) is 22.3 Å². The van der Waals surface area contributed by atoms with Gasteiger partial charge in [0, 0.05) is 13.1 Å². The van der Waals surface area contributed by atoms with Gasteiger partial charge in [0.25, 0.3) is 0 Å². The number of likely N-dealkylation sites (tertiary alicyclic amines) is 1. The first kappa shape index (κ1) is 16.0. The molecule has 3 rings (SSSR count). The van der Waals surface area contributed by atoms with Crippen LogP contribution in [0.25, 0.3) is 11.4 Å². The fraction of sp³-hybridized carbons (Fsp3) is 0.438. The summed E-state index contributed by atoms with van der Waals surface area (Å²) < 4.78 is 13.7. The van der Waals surface area contributed by atoms with Gasteiger partial charge >= 0.3 is 0 Å². The Morgan fingerprint density at radius 3 is 2.70 bits per heavy atom. The van der Waals surface area contributed by atoms with E-state index >= 15 is 0 Å². The lowest BCUT2D eigenvalue weighted by atomic mass is 10.2. The van der Waals surface area contributed by atoms with Gasteiger partial charge in [-0.05, 0) is 25.0 Å². The molecular weight excluding hydrogens is 315 g/mol. The van der Waals surface area contributed by atoms with Gasteiger partial charge in [-0.2, -0.15) is 0 Å². The fourth-order valence-electron chi connectivity index (χ4n) is 2.62. The smallest absolute Gasteiger partial charge is 0.233 e. The highest BCUT2D eigenvalue weighted by Crippen LogP contribution is 2.22. The van der Waals surface area contributed by atoms with Crippen LogP contribution in [-0.2, 0) is 4.79 Å². The predicted molar refractivity (Wildman–Crippen MR) is 87.5 cm³/mol. The van der Waals surface area contributed by atoms with Crippen molar-refractivity contribution < 1.29 is 9.18 Å². The fourth-order valence-corrected chi connectivity index (χ4v) is 3.32. The molecule has 7 heteroatoms. The van der Waals surface area contributed by atoms with E-state index in [1.165, 1.54) is 30.7 Å². The molecule has 1 amide bonds. The van der Waals surface area contributed by atoms with Crippen molar-refractivity contribution in [2.24, 2.45) is 0 Å². The Balaban J connectivity index is 1.59. The van der Waals surface area contributed by atoms with Crippen molar-refractivity contribution in [3.05, 3.63) is 30.1 Å². The number of nitrogens with one attached hydrogen (secondary N) is 1. The maximum Gasteiger partial charge on any atom is 0.233 e. The van der Waals surface area contributed by atoms with Crippen LogP contribution in [0.15, 0.2) is 29.4 Å². The minimum Gasteiger partial charge on any atom is -0.342 e. The lowest BCUT2D eigenvalue weighted by Crippen LogP contribution is -2.33. The van der Waals surface area contributed by atoms with E-state index in [1.54, 1.807) is 18.2 Å². The Kier molecular flexibility index (Phi) is 5.27. The third-order valence-corrected chi connectivity index (χ3v) is 4.71. The average molecular weight is 334 g/mol. The number of H-pyrrole nitrogens is 1. The van der Waals surface area contributed by atoms with Crippen LogP contribution >= 0.6 is 11.8 Å². The van der Waals surface area contributed by atoms with Gasteiger partial charge in [-0.3, -0.25) is 9.89 Å². The van der Waals surface area contributed by atoms with Crippen molar-refractivity contribution in [2.45, 2.75) is 30.8 Å². The minimum absolute atomic E-state index is 0.120. The van der Waals surface area contributed by atoms with Crippen LogP contribution in [0, 0.1) is 5.82 Å². The molecule has 1 aromatic carbocycles. The molecule has 1 saturated heterocycles. The van der Waals surface area contributed by atoms with Crippen LogP contribution in [0.4, 0.5) is 4.39 Å². The minimum atomic E-state index is -0.346. The van der Waals surface area contributed by atoms with Crippen molar-refractivity contribution >= 4 is 17.7 Å². The highest BCUT2D eigenvalue weighted by Gasteiger charge is 2.17. The second kappa shape index (κ2) is 7.59. The molecule has 0 saturated carbocycles. The van der Waals surface area contributed by atoms with E-state index in [0.717, 1.165) is 25.9 Å². The summed E-state index contributed by atoms with van der Waals surface area (Å²) in [5.74, 6) is 0.469. The second-order valence-corrected chi connectivity index (χ2v) is 6.47. The number of rotatable bonds is 4. The van der Waals surface area contributed by atoms with Crippen LogP contribution in [0.3, 0.4) is 0 Å². The molecular formula is C16H19FN4OS. The number of halogens is 1. The molecule has 0 aliphatic carbocycles. The maximum absolute atomic E-state index is 13.7. The Bertz CT molecular complexity index is 668. The van der Waals surface area contributed by atoms with Gasteiger partial charge in [-0.25, -0.2) is 9.37 Å². The molecule has 1 aromatic heterocycles. The number of aromatic amines is 1. The van der Waals surface area contributed by atoms with Gasteiger partial charge in [0.05, 0.1) is 11.3 Å². The van der Waals surface area contributed by atoms with E-state index in [2.05, 4.69) is 15.2 Å². The average Bonchev–Trinajstić information content (AvgIpc) is 2.86. The van der Waals surface area contributed by atoms with Gasteiger partial charge in [-0.1, -0.05) is 36.7 Å². The molecule has 1 N–H and O–H groups in total. The number of thioether (sulfide) groups is 1. The molecule has 1 aliphatic rings. The second-order valence-electron chi connectivity index (χ2n) is 5.53. The summed E-state index contributed by atoms with van der Waals surface area (Å²) in [6.07, 6.45) is 4.55. The molecule has 0 bridgehead atoms. The normalized spacial score (nSPS) is 15.4. The van der Waals surface area contributed by atoms with Crippen molar-refractivity contribution in [1.29, 1.82) is 0 Å².